The molecule has 1 fully saturated rings. The van der Waals surface area contributed by atoms with E-state index in [-0.39, 0.29) is 0 Å². The first-order valence-electron chi connectivity index (χ1n) is 5.29. The molecule has 2 aliphatic rings. The third kappa shape index (κ3) is 1.79. The number of nitrogens with zero attached hydrogens (tertiary/aromatic N) is 2. The first kappa shape index (κ1) is 8.85. The second-order valence-corrected chi connectivity index (χ2v) is 4.29. The summed E-state index contributed by atoms with van der Waals surface area (Å²) in [6.45, 7) is 4.36. The van der Waals surface area contributed by atoms with Crippen LogP contribution in [0.3, 0.4) is 0 Å². The minimum absolute atomic E-state index is 0.666. The number of nitrogens with one attached hydrogen (secondary N) is 1. The topological polar surface area (TPSA) is 27.6 Å². The van der Waals surface area contributed by atoms with Crippen LogP contribution in [0.5, 0.6) is 0 Å². The normalized spacial score (nSPS) is 33.7. The van der Waals surface area contributed by atoms with Crippen LogP contribution >= 0.6 is 0 Å². The van der Waals surface area contributed by atoms with E-state index in [4.69, 9.17) is 0 Å². The molecular formula is C10H19N3. The maximum absolute atomic E-state index is 4.45. The Labute approximate surface area is 80.2 Å². The van der Waals surface area contributed by atoms with Crippen LogP contribution in [0.2, 0.25) is 0 Å². The fraction of sp³-hybridized carbons (Fsp3) is 0.900. The molecule has 2 unspecified atom stereocenters. The van der Waals surface area contributed by atoms with E-state index in [1.807, 2.05) is 0 Å². The molecule has 0 aromatic heterocycles. The van der Waals surface area contributed by atoms with E-state index in [1.54, 1.807) is 0 Å². The van der Waals surface area contributed by atoms with Crippen LogP contribution in [0.4, 0.5) is 0 Å². The smallest absolute Gasteiger partial charge is 0.194 e. The zero-order chi connectivity index (χ0) is 9.26. The van der Waals surface area contributed by atoms with Crippen molar-refractivity contribution in [2.75, 3.05) is 20.1 Å². The van der Waals surface area contributed by atoms with E-state index < -0.39 is 0 Å². The van der Waals surface area contributed by atoms with Crippen LogP contribution in [0.15, 0.2) is 4.99 Å². The fourth-order valence-electron chi connectivity index (χ4n) is 2.21. The van der Waals surface area contributed by atoms with Gasteiger partial charge in [-0.25, -0.2) is 0 Å². The van der Waals surface area contributed by atoms with Crippen molar-refractivity contribution in [3.8, 4) is 0 Å². The lowest BCUT2D eigenvalue weighted by molar-refractivity contribution is 0.453. The summed E-state index contributed by atoms with van der Waals surface area (Å²) in [5.41, 5.74) is 0. The average molecular weight is 181 g/mol. The van der Waals surface area contributed by atoms with Gasteiger partial charge in [0.2, 0.25) is 0 Å². The Morgan fingerprint density at radius 3 is 2.85 bits per heavy atom. The fourth-order valence-corrected chi connectivity index (χ4v) is 2.21. The van der Waals surface area contributed by atoms with Gasteiger partial charge in [-0.3, -0.25) is 4.99 Å². The number of hydrogen-bond acceptors (Lipinski definition) is 3. The predicted octanol–water partition coefficient (Wildman–Crippen LogP) is 1.07. The molecule has 0 amide bonds. The summed E-state index contributed by atoms with van der Waals surface area (Å²) in [4.78, 5) is 6.66. The highest BCUT2D eigenvalue weighted by Gasteiger charge is 2.25. The molecule has 0 bridgehead atoms. The first-order valence-corrected chi connectivity index (χ1v) is 5.29. The van der Waals surface area contributed by atoms with Gasteiger partial charge >= 0.3 is 0 Å². The van der Waals surface area contributed by atoms with Crippen LogP contribution < -0.4 is 5.32 Å². The summed E-state index contributed by atoms with van der Waals surface area (Å²) >= 11 is 0. The van der Waals surface area contributed by atoms with Gasteiger partial charge in [0.15, 0.2) is 5.96 Å². The quantitative estimate of drug-likeness (QED) is 0.655. The van der Waals surface area contributed by atoms with Crippen molar-refractivity contribution in [2.45, 2.75) is 32.2 Å². The summed E-state index contributed by atoms with van der Waals surface area (Å²) < 4.78 is 0. The van der Waals surface area contributed by atoms with Crippen molar-refractivity contribution in [3.05, 3.63) is 0 Å². The molecule has 3 heteroatoms. The maximum Gasteiger partial charge on any atom is 0.194 e. The van der Waals surface area contributed by atoms with Gasteiger partial charge in [0.1, 0.15) is 0 Å². The molecule has 1 aliphatic heterocycles. The van der Waals surface area contributed by atoms with E-state index in [0.29, 0.717) is 6.04 Å². The maximum atomic E-state index is 4.45. The number of aliphatic imine (C=N–C) groups is 1. The summed E-state index contributed by atoms with van der Waals surface area (Å²) in [5.74, 6) is 1.93. The molecule has 3 nitrogen and oxygen atoms in total. The van der Waals surface area contributed by atoms with Crippen molar-refractivity contribution in [1.29, 1.82) is 0 Å². The Morgan fingerprint density at radius 1 is 1.46 bits per heavy atom. The van der Waals surface area contributed by atoms with Gasteiger partial charge < -0.3 is 10.2 Å². The molecule has 1 saturated carbocycles. The number of rotatable bonds is 1. The minimum atomic E-state index is 0.666. The molecular weight excluding hydrogens is 162 g/mol. The van der Waals surface area contributed by atoms with E-state index in [9.17, 15) is 0 Å². The van der Waals surface area contributed by atoms with Crippen molar-refractivity contribution in [3.63, 3.8) is 0 Å². The van der Waals surface area contributed by atoms with Gasteiger partial charge in [-0.15, -0.1) is 0 Å². The molecule has 0 spiro atoms. The lowest BCUT2D eigenvalue weighted by atomic mass is 10.1. The van der Waals surface area contributed by atoms with Gasteiger partial charge in [-0.1, -0.05) is 13.3 Å². The largest absolute Gasteiger partial charge is 0.353 e. The molecule has 0 saturated heterocycles. The standard InChI is InChI=1S/C10H19N3/c1-8-4-3-5-9(8)12-10-11-6-7-13(10)2/h8-9H,3-7H2,1-2H3,(H,11,12). The van der Waals surface area contributed by atoms with Gasteiger partial charge in [0.05, 0.1) is 6.54 Å². The van der Waals surface area contributed by atoms with Crippen LogP contribution in [0.25, 0.3) is 0 Å². The monoisotopic (exact) mass is 181 g/mol. The van der Waals surface area contributed by atoms with Gasteiger partial charge in [-0.05, 0) is 18.8 Å². The molecule has 0 aromatic rings. The molecule has 2 rings (SSSR count). The van der Waals surface area contributed by atoms with Crippen molar-refractivity contribution in [1.82, 2.24) is 10.2 Å². The van der Waals surface area contributed by atoms with Crippen molar-refractivity contribution in [2.24, 2.45) is 10.9 Å². The van der Waals surface area contributed by atoms with Crippen LogP contribution in [-0.2, 0) is 0 Å². The minimum Gasteiger partial charge on any atom is -0.353 e. The SMILES string of the molecule is CC1CCCC1NC1=NCCN1C. The summed E-state index contributed by atoms with van der Waals surface area (Å²) in [5, 5.41) is 3.55. The molecule has 2 atom stereocenters. The van der Waals surface area contributed by atoms with Gasteiger partial charge in [0.25, 0.3) is 0 Å². The van der Waals surface area contributed by atoms with Gasteiger partial charge in [-0.2, -0.15) is 0 Å². The van der Waals surface area contributed by atoms with E-state index in [1.165, 1.54) is 19.3 Å². The van der Waals surface area contributed by atoms with Crippen LogP contribution in [0, 0.1) is 5.92 Å². The Morgan fingerprint density at radius 2 is 2.31 bits per heavy atom. The Balaban J connectivity index is 1.90. The highest BCUT2D eigenvalue weighted by molar-refractivity contribution is 5.81. The van der Waals surface area contributed by atoms with Gasteiger partial charge in [0, 0.05) is 19.6 Å². The number of hydrogen-bond donors (Lipinski definition) is 1. The van der Waals surface area contributed by atoms with E-state index in [2.05, 4.69) is 29.2 Å². The first-order chi connectivity index (χ1) is 6.27. The highest BCUT2D eigenvalue weighted by atomic mass is 15.3. The van der Waals surface area contributed by atoms with Crippen LogP contribution in [-0.4, -0.2) is 37.0 Å². The third-order valence-corrected chi connectivity index (χ3v) is 3.23. The summed E-state index contributed by atoms with van der Waals surface area (Å²) in [6, 6.07) is 0.666. The lowest BCUT2D eigenvalue weighted by Gasteiger charge is -2.22. The lowest BCUT2D eigenvalue weighted by Crippen LogP contribution is -2.43. The Hall–Kier alpha value is -0.730. The Kier molecular flexibility index (Phi) is 2.42. The second kappa shape index (κ2) is 3.56. The average Bonchev–Trinajstić information content (AvgIpc) is 2.65. The molecule has 1 aliphatic carbocycles. The van der Waals surface area contributed by atoms with E-state index >= 15 is 0 Å². The summed E-state index contributed by atoms with van der Waals surface area (Å²) in [7, 11) is 2.11. The highest BCUT2D eigenvalue weighted by Crippen LogP contribution is 2.24. The molecule has 0 radical (unpaired) electrons. The number of likely N-dealkylation sites (N-methyl/N-ethyl adjacent to an activating group) is 1. The zero-order valence-electron chi connectivity index (χ0n) is 8.58. The zero-order valence-corrected chi connectivity index (χ0v) is 8.58. The van der Waals surface area contributed by atoms with Crippen molar-refractivity contribution >= 4 is 5.96 Å². The Bertz CT molecular complexity index is 212. The van der Waals surface area contributed by atoms with Crippen molar-refractivity contribution < 1.29 is 0 Å². The predicted molar refractivity (Wildman–Crippen MR) is 54.9 cm³/mol. The molecule has 0 aromatic carbocycles. The molecule has 13 heavy (non-hydrogen) atoms. The van der Waals surface area contributed by atoms with Crippen LogP contribution in [0.1, 0.15) is 26.2 Å². The molecule has 1 heterocycles. The number of guanidine groups is 1. The second-order valence-electron chi connectivity index (χ2n) is 4.29. The molecule has 1 N–H and O–H groups in total. The third-order valence-electron chi connectivity index (χ3n) is 3.23. The molecule has 74 valence electrons. The summed E-state index contributed by atoms with van der Waals surface area (Å²) in [6.07, 6.45) is 4.05. The van der Waals surface area contributed by atoms with E-state index in [0.717, 1.165) is 25.0 Å².